The molecule has 0 radical (unpaired) electrons. The second kappa shape index (κ2) is 10.5. The van der Waals surface area contributed by atoms with E-state index in [0.717, 1.165) is 56.2 Å². The number of morpholine rings is 1. The molecule has 34 heavy (non-hydrogen) atoms. The molecule has 3 atom stereocenters. The van der Waals surface area contributed by atoms with Crippen molar-refractivity contribution in [2.24, 2.45) is 0 Å². The second-order valence-corrected chi connectivity index (χ2v) is 9.11. The Hall–Kier alpha value is -3.02. The van der Waals surface area contributed by atoms with Gasteiger partial charge in [-0.25, -0.2) is 0 Å². The molecular formula is C29H33NO4. The summed E-state index contributed by atoms with van der Waals surface area (Å²) >= 11 is 0. The van der Waals surface area contributed by atoms with Crippen molar-refractivity contribution in [1.29, 1.82) is 0 Å². The number of nitrogens with zero attached hydrogens (tertiary/aromatic N) is 1. The molecule has 0 saturated carbocycles. The summed E-state index contributed by atoms with van der Waals surface area (Å²) in [5, 5.41) is 9.99. The zero-order chi connectivity index (χ0) is 23.3. The number of hydrogen-bond donors (Lipinski definition) is 1. The Kier molecular flexibility index (Phi) is 7.02. The fourth-order valence-corrected chi connectivity index (χ4v) is 5.14. The molecule has 2 heterocycles. The van der Waals surface area contributed by atoms with Crippen molar-refractivity contribution in [3.63, 3.8) is 0 Å². The van der Waals surface area contributed by atoms with Gasteiger partial charge in [-0.2, -0.15) is 0 Å². The van der Waals surface area contributed by atoms with Gasteiger partial charge in [-0.3, -0.25) is 4.90 Å². The predicted molar refractivity (Wildman–Crippen MR) is 133 cm³/mol. The van der Waals surface area contributed by atoms with E-state index in [2.05, 4.69) is 60.4 Å². The predicted octanol–water partition coefficient (Wildman–Crippen LogP) is 5.54. The SMILES string of the molecule is CCCC(Oc1ccc(C2c3ccc(O)cc3OCC2c2ccccc2)cc1)N1CCOCC1. The molecule has 0 spiro atoms. The molecule has 1 saturated heterocycles. The first kappa shape index (κ1) is 22.8. The fourth-order valence-electron chi connectivity index (χ4n) is 5.14. The van der Waals surface area contributed by atoms with Gasteiger partial charge >= 0.3 is 0 Å². The maximum absolute atomic E-state index is 9.99. The van der Waals surface area contributed by atoms with Crippen molar-refractivity contribution in [2.45, 2.75) is 37.8 Å². The van der Waals surface area contributed by atoms with E-state index >= 15 is 0 Å². The lowest BCUT2D eigenvalue weighted by molar-refractivity contribution is -0.0490. The van der Waals surface area contributed by atoms with E-state index in [4.69, 9.17) is 14.2 Å². The van der Waals surface area contributed by atoms with Crippen LogP contribution in [0.2, 0.25) is 0 Å². The summed E-state index contributed by atoms with van der Waals surface area (Å²) in [6, 6.07) is 24.5. The zero-order valence-corrected chi connectivity index (χ0v) is 19.7. The Morgan fingerprint density at radius 2 is 1.74 bits per heavy atom. The molecule has 5 heteroatoms. The van der Waals surface area contributed by atoms with Crippen LogP contribution in [-0.4, -0.2) is 49.1 Å². The Labute approximate surface area is 201 Å². The highest BCUT2D eigenvalue weighted by atomic mass is 16.5. The smallest absolute Gasteiger partial charge is 0.152 e. The van der Waals surface area contributed by atoms with Gasteiger partial charge in [-0.1, -0.05) is 61.9 Å². The number of phenolic OH excluding ortho intramolecular Hbond substituents is 1. The van der Waals surface area contributed by atoms with E-state index < -0.39 is 0 Å². The lowest BCUT2D eigenvalue weighted by Crippen LogP contribution is -2.46. The van der Waals surface area contributed by atoms with Gasteiger partial charge in [0.05, 0.1) is 19.8 Å². The lowest BCUT2D eigenvalue weighted by Gasteiger charge is -2.35. The summed E-state index contributed by atoms with van der Waals surface area (Å²) in [5.41, 5.74) is 3.57. The summed E-state index contributed by atoms with van der Waals surface area (Å²) in [6.45, 7) is 6.12. The van der Waals surface area contributed by atoms with Gasteiger partial charge in [0.2, 0.25) is 0 Å². The summed E-state index contributed by atoms with van der Waals surface area (Å²) in [6.07, 6.45) is 2.14. The lowest BCUT2D eigenvalue weighted by atomic mass is 9.76. The zero-order valence-electron chi connectivity index (χ0n) is 19.7. The minimum Gasteiger partial charge on any atom is -0.508 e. The molecule has 2 aliphatic heterocycles. The van der Waals surface area contributed by atoms with Gasteiger partial charge in [0.1, 0.15) is 17.2 Å². The van der Waals surface area contributed by atoms with E-state index in [9.17, 15) is 5.11 Å². The Morgan fingerprint density at radius 3 is 2.47 bits per heavy atom. The molecular weight excluding hydrogens is 426 g/mol. The normalized spacial score (nSPS) is 21.3. The number of rotatable bonds is 7. The van der Waals surface area contributed by atoms with Gasteiger partial charge in [0, 0.05) is 36.6 Å². The number of aromatic hydroxyl groups is 1. The number of benzene rings is 3. The van der Waals surface area contributed by atoms with Crippen molar-refractivity contribution in [3.05, 3.63) is 89.5 Å². The van der Waals surface area contributed by atoms with Gasteiger partial charge in [-0.05, 0) is 35.7 Å². The van der Waals surface area contributed by atoms with Crippen LogP contribution < -0.4 is 9.47 Å². The van der Waals surface area contributed by atoms with Crippen LogP contribution in [0.5, 0.6) is 17.2 Å². The standard InChI is InChI=1S/C29H33NO4/c1-2-6-28(30-15-17-32-18-16-30)34-24-12-9-22(10-13-24)29-25-14-11-23(31)19-27(25)33-20-26(29)21-7-4-3-5-8-21/h3-5,7-14,19,26,28-29,31H,2,6,15-18,20H2,1H3. The third-order valence-corrected chi connectivity index (χ3v) is 6.88. The average molecular weight is 460 g/mol. The molecule has 3 unspecified atom stereocenters. The molecule has 0 amide bonds. The first-order chi connectivity index (χ1) is 16.7. The number of fused-ring (bicyclic) bond motifs is 1. The number of phenols is 1. The molecule has 3 aromatic rings. The summed E-state index contributed by atoms with van der Waals surface area (Å²) in [5.74, 6) is 2.19. The van der Waals surface area contributed by atoms with E-state index in [1.54, 1.807) is 12.1 Å². The Bertz CT molecular complexity index is 1060. The second-order valence-electron chi connectivity index (χ2n) is 9.11. The molecule has 5 rings (SSSR count). The van der Waals surface area contributed by atoms with Gasteiger partial charge in [0.15, 0.2) is 6.23 Å². The molecule has 1 N–H and O–H groups in total. The Balaban J connectivity index is 1.42. The molecule has 1 fully saturated rings. The summed E-state index contributed by atoms with van der Waals surface area (Å²) in [7, 11) is 0. The maximum atomic E-state index is 9.99. The van der Waals surface area contributed by atoms with E-state index in [1.807, 2.05) is 12.1 Å². The van der Waals surface area contributed by atoms with Gasteiger partial charge < -0.3 is 19.3 Å². The highest BCUT2D eigenvalue weighted by molar-refractivity contribution is 5.50. The van der Waals surface area contributed by atoms with Crippen molar-refractivity contribution in [1.82, 2.24) is 4.90 Å². The van der Waals surface area contributed by atoms with Crippen LogP contribution in [0.3, 0.4) is 0 Å². The van der Waals surface area contributed by atoms with Gasteiger partial charge in [0.25, 0.3) is 0 Å². The average Bonchev–Trinajstić information content (AvgIpc) is 2.89. The van der Waals surface area contributed by atoms with E-state index in [0.29, 0.717) is 6.61 Å². The van der Waals surface area contributed by atoms with Crippen molar-refractivity contribution in [3.8, 4) is 17.2 Å². The fraction of sp³-hybridized carbons (Fsp3) is 0.379. The maximum Gasteiger partial charge on any atom is 0.152 e. The molecule has 0 aromatic heterocycles. The molecule has 0 bridgehead atoms. The minimum atomic E-state index is 0.0728. The third kappa shape index (κ3) is 4.91. The molecule has 3 aromatic carbocycles. The first-order valence-electron chi connectivity index (χ1n) is 12.3. The van der Waals surface area contributed by atoms with Crippen molar-refractivity contribution in [2.75, 3.05) is 32.9 Å². The van der Waals surface area contributed by atoms with Crippen LogP contribution in [0.15, 0.2) is 72.8 Å². The molecule has 178 valence electrons. The van der Waals surface area contributed by atoms with Crippen LogP contribution in [0.4, 0.5) is 0 Å². The van der Waals surface area contributed by atoms with Crippen LogP contribution in [0.1, 0.15) is 48.3 Å². The largest absolute Gasteiger partial charge is 0.508 e. The summed E-state index contributed by atoms with van der Waals surface area (Å²) in [4.78, 5) is 2.38. The summed E-state index contributed by atoms with van der Waals surface area (Å²) < 4.78 is 18.1. The molecule has 2 aliphatic rings. The minimum absolute atomic E-state index is 0.0728. The van der Waals surface area contributed by atoms with E-state index in [-0.39, 0.29) is 23.8 Å². The highest BCUT2D eigenvalue weighted by Gasteiger charge is 2.33. The van der Waals surface area contributed by atoms with Gasteiger partial charge in [-0.15, -0.1) is 0 Å². The molecule has 5 nitrogen and oxygen atoms in total. The van der Waals surface area contributed by atoms with Crippen LogP contribution in [0, 0.1) is 0 Å². The van der Waals surface area contributed by atoms with Crippen molar-refractivity contribution >= 4 is 0 Å². The quantitative estimate of drug-likeness (QED) is 0.503. The van der Waals surface area contributed by atoms with Crippen molar-refractivity contribution < 1.29 is 19.3 Å². The molecule has 0 aliphatic carbocycles. The highest BCUT2D eigenvalue weighted by Crippen LogP contribution is 2.47. The van der Waals surface area contributed by atoms with Crippen LogP contribution in [-0.2, 0) is 4.74 Å². The number of ether oxygens (including phenoxy) is 3. The number of hydrogen-bond acceptors (Lipinski definition) is 5. The van der Waals surface area contributed by atoms with Crippen LogP contribution in [0.25, 0.3) is 0 Å². The first-order valence-corrected chi connectivity index (χ1v) is 12.3. The Morgan fingerprint density at radius 1 is 0.971 bits per heavy atom. The monoisotopic (exact) mass is 459 g/mol. The van der Waals surface area contributed by atoms with E-state index in [1.165, 1.54) is 11.1 Å². The third-order valence-electron chi connectivity index (χ3n) is 6.88. The topological polar surface area (TPSA) is 51.2 Å². The van der Waals surface area contributed by atoms with Crippen LogP contribution >= 0.6 is 0 Å².